The second-order valence-corrected chi connectivity index (χ2v) is 8.05. The summed E-state index contributed by atoms with van der Waals surface area (Å²) in [5.41, 5.74) is 3.58. The standard InChI is InChI=1S/C28H30O7/c1-17(2)7-6-14-35-23-13-10-19(15-22(23)30)21-16-24(32-3)25(18-8-11-20(29)12-9-18)26(27(21)33-4)28(31)34-5/h7-13,15-16,29-30H,6,14H2,1-5H3. The molecule has 7 nitrogen and oxygen atoms in total. The number of hydrogen-bond donors (Lipinski definition) is 2. The summed E-state index contributed by atoms with van der Waals surface area (Å²) in [6, 6.07) is 13.1. The summed E-state index contributed by atoms with van der Waals surface area (Å²) < 4.78 is 22.1. The van der Waals surface area contributed by atoms with Crippen molar-refractivity contribution < 1.29 is 34.0 Å². The largest absolute Gasteiger partial charge is 0.508 e. The molecule has 0 radical (unpaired) electrons. The summed E-state index contributed by atoms with van der Waals surface area (Å²) in [5.74, 6) is 0.451. The van der Waals surface area contributed by atoms with Gasteiger partial charge in [-0.3, -0.25) is 0 Å². The van der Waals surface area contributed by atoms with Crippen molar-refractivity contribution in [2.45, 2.75) is 20.3 Å². The van der Waals surface area contributed by atoms with Crippen LogP contribution in [-0.2, 0) is 4.74 Å². The van der Waals surface area contributed by atoms with E-state index < -0.39 is 5.97 Å². The topological polar surface area (TPSA) is 94.5 Å². The number of phenols is 2. The van der Waals surface area contributed by atoms with Gasteiger partial charge in [-0.25, -0.2) is 4.79 Å². The van der Waals surface area contributed by atoms with Crippen molar-refractivity contribution in [3.63, 3.8) is 0 Å². The van der Waals surface area contributed by atoms with Crippen LogP contribution >= 0.6 is 0 Å². The fraction of sp³-hybridized carbons (Fsp3) is 0.250. The number of allylic oxidation sites excluding steroid dienone is 1. The first-order chi connectivity index (χ1) is 16.8. The maximum Gasteiger partial charge on any atom is 0.342 e. The molecule has 3 aromatic rings. The third-order valence-corrected chi connectivity index (χ3v) is 5.41. The van der Waals surface area contributed by atoms with Crippen LogP contribution in [0.5, 0.6) is 28.7 Å². The van der Waals surface area contributed by atoms with E-state index in [1.165, 1.54) is 39.0 Å². The number of ether oxygens (including phenoxy) is 4. The van der Waals surface area contributed by atoms with Crippen LogP contribution in [0.25, 0.3) is 22.3 Å². The average molecular weight is 479 g/mol. The van der Waals surface area contributed by atoms with Gasteiger partial charge >= 0.3 is 5.97 Å². The van der Waals surface area contributed by atoms with Gasteiger partial charge < -0.3 is 29.2 Å². The first-order valence-electron chi connectivity index (χ1n) is 11.1. The molecular weight excluding hydrogens is 448 g/mol. The Morgan fingerprint density at radius 1 is 0.886 bits per heavy atom. The molecule has 3 aromatic carbocycles. The Labute approximate surface area is 205 Å². The highest BCUT2D eigenvalue weighted by Gasteiger charge is 2.27. The minimum Gasteiger partial charge on any atom is -0.508 e. The molecule has 0 aliphatic heterocycles. The van der Waals surface area contributed by atoms with Gasteiger partial charge in [0.2, 0.25) is 0 Å². The van der Waals surface area contributed by atoms with Crippen molar-refractivity contribution in [2.24, 2.45) is 0 Å². The maximum atomic E-state index is 12.9. The normalized spacial score (nSPS) is 10.4. The Balaban J connectivity index is 2.14. The third kappa shape index (κ3) is 5.69. The Morgan fingerprint density at radius 2 is 1.57 bits per heavy atom. The minimum atomic E-state index is -0.617. The van der Waals surface area contributed by atoms with E-state index in [0.29, 0.717) is 40.4 Å². The Kier molecular flexibility index (Phi) is 8.25. The van der Waals surface area contributed by atoms with Crippen molar-refractivity contribution >= 4 is 5.97 Å². The molecule has 0 bridgehead atoms. The number of rotatable bonds is 9. The molecule has 0 fully saturated rings. The molecule has 0 aliphatic carbocycles. The number of hydrogen-bond acceptors (Lipinski definition) is 7. The van der Waals surface area contributed by atoms with Crippen LogP contribution in [0.15, 0.2) is 60.2 Å². The number of carbonyl (C=O) groups excluding carboxylic acids is 1. The quantitative estimate of drug-likeness (QED) is 0.222. The van der Waals surface area contributed by atoms with Crippen LogP contribution in [0.1, 0.15) is 30.6 Å². The van der Waals surface area contributed by atoms with E-state index in [0.717, 1.165) is 6.42 Å². The second-order valence-electron chi connectivity index (χ2n) is 8.05. The Morgan fingerprint density at radius 3 is 2.14 bits per heavy atom. The molecule has 0 aromatic heterocycles. The zero-order chi connectivity index (χ0) is 25.5. The molecule has 7 heteroatoms. The van der Waals surface area contributed by atoms with Gasteiger partial charge in [0.25, 0.3) is 0 Å². The summed E-state index contributed by atoms with van der Waals surface area (Å²) in [4.78, 5) is 12.9. The number of phenolic OH excluding ortho intramolecular Hbond substituents is 2. The van der Waals surface area contributed by atoms with Crippen molar-refractivity contribution in [1.29, 1.82) is 0 Å². The lowest BCUT2D eigenvalue weighted by Gasteiger charge is -2.20. The Bertz CT molecular complexity index is 1220. The highest BCUT2D eigenvalue weighted by Crippen LogP contribution is 2.46. The first kappa shape index (κ1) is 25.5. The Hall–Kier alpha value is -4.13. The number of carbonyl (C=O) groups is 1. The van der Waals surface area contributed by atoms with Crippen LogP contribution in [0.4, 0.5) is 0 Å². The average Bonchev–Trinajstić information content (AvgIpc) is 2.85. The fourth-order valence-corrected chi connectivity index (χ4v) is 3.76. The third-order valence-electron chi connectivity index (χ3n) is 5.41. The molecular formula is C28H30O7. The van der Waals surface area contributed by atoms with Crippen molar-refractivity contribution in [1.82, 2.24) is 0 Å². The predicted molar refractivity (Wildman–Crippen MR) is 135 cm³/mol. The van der Waals surface area contributed by atoms with Gasteiger partial charge in [0.1, 0.15) is 22.8 Å². The van der Waals surface area contributed by atoms with Crippen LogP contribution in [0.2, 0.25) is 0 Å². The highest BCUT2D eigenvalue weighted by molar-refractivity contribution is 6.05. The molecule has 0 heterocycles. The number of aromatic hydroxyl groups is 2. The fourth-order valence-electron chi connectivity index (χ4n) is 3.76. The van der Waals surface area contributed by atoms with Gasteiger partial charge in [-0.05, 0) is 61.7 Å². The molecule has 184 valence electrons. The maximum absolute atomic E-state index is 12.9. The lowest BCUT2D eigenvalue weighted by Crippen LogP contribution is -2.09. The van der Waals surface area contributed by atoms with E-state index in [2.05, 4.69) is 6.08 Å². The van der Waals surface area contributed by atoms with E-state index in [1.807, 2.05) is 13.8 Å². The molecule has 35 heavy (non-hydrogen) atoms. The van der Waals surface area contributed by atoms with Crippen LogP contribution in [0, 0.1) is 0 Å². The smallest absolute Gasteiger partial charge is 0.342 e. The van der Waals surface area contributed by atoms with E-state index in [-0.39, 0.29) is 22.8 Å². The molecule has 0 amide bonds. The number of benzene rings is 3. The molecule has 0 aliphatic rings. The minimum absolute atomic E-state index is 0.0389. The van der Waals surface area contributed by atoms with Crippen molar-refractivity contribution in [3.05, 3.63) is 65.7 Å². The van der Waals surface area contributed by atoms with Crippen LogP contribution in [-0.4, -0.2) is 44.1 Å². The van der Waals surface area contributed by atoms with Crippen molar-refractivity contribution in [2.75, 3.05) is 27.9 Å². The van der Waals surface area contributed by atoms with E-state index in [1.54, 1.807) is 36.4 Å². The summed E-state index contributed by atoms with van der Waals surface area (Å²) in [6.07, 6.45) is 2.79. The van der Waals surface area contributed by atoms with Gasteiger partial charge in [0.05, 0.1) is 27.9 Å². The molecule has 0 spiro atoms. The summed E-state index contributed by atoms with van der Waals surface area (Å²) in [7, 11) is 4.24. The molecule has 3 rings (SSSR count). The molecule has 0 saturated heterocycles. The van der Waals surface area contributed by atoms with E-state index >= 15 is 0 Å². The lowest BCUT2D eigenvalue weighted by atomic mass is 9.92. The highest BCUT2D eigenvalue weighted by atomic mass is 16.5. The van der Waals surface area contributed by atoms with Crippen LogP contribution < -0.4 is 14.2 Å². The number of esters is 1. The van der Waals surface area contributed by atoms with Gasteiger partial charge in [-0.1, -0.05) is 29.8 Å². The number of methoxy groups -OCH3 is 3. The summed E-state index contributed by atoms with van der Waals surface area (Å²) in [5, 5.41) is 20.3. The molecule has 0 saturated carbocycles. The lowest BCUT2D eigenvalue weighted by molar-refractivity contribution is 0.0597. The zero-order valence-electron chi connectivity index (χ0n) is 20.5. The molecule has 0 unspecified atom stereocenters. The van der Waals surface area contributed by atoms with Crippen molar-refractivity contribution in [3.8, 4) is 51.0 Å². The second kappa shape index (κ2) is 11.3. The first-order valence-corrected chi connectivity index (χ1v) is 11.1. The van der Waals surface area contributed by atoms with Gasteiger partial charge in [-0.15, -0.1) is 0 Å². The zero-order valence-corrected chi connectivity index (χ0v) is 20.5. The van der Waals surface area contributed by atoms with E-state index in [9.17, 15) is 15.0 Å². The SMILES string of the molecule is COC(=O)c1c(OC)c(-c2ccc(OCCC=C(C)C)c(O)c2)cc(OC)c1-c1ccc(O)cc1. The summed E-state index contributed by atoms with van der Waals surface area (Å²) in [6.45, 7) is 4.47. The van der Waals surface area contributed by atoms with Gasteiger partial charge in [0, 0.05) is 11.1 Å². The predicted octanol–water partition coefficient (Wildman–Crippen LogP) is 5.97. The van der Waals surface area contributed by atoms with E-state index in [4.69, 9.17) is 18.9 Å². The molecule has 0 atom stereocenters. The summed E-state index contributed by atoms with van der Waals surface area (Å²) >= 11 is 0. The monoisotopic (exact) mass is 478 g/mol. The molecule has 2 N–H and O–H groups in total. The van der Waals surface area contributed by atoms with Gasteiger partial charge in [-0.2, -0.15) is 0 Å². The van der Waals surface area contributed by atoms with Gasteiger partial charge in [0.15, 0.2) is 11.5 Å². The van der Waals surface area contributed by atoms with Crippen LogP contribution in [0.3, 0.4) is 0 Å².